The Balaban J connectivity index is 1.84. The molecular formula is C22H26N2O2S2. The Hall–Kier alpha value is -1.92. The van der Waals surface area contributed by atoms with E-state index in [0.717, 1.165) is 45.6 Å². The molecule has 2 heterocycles. The van der Waals surface area contributed by atoms with Gasteiger partial charge in [-0.2, -0.15) is 0 Å². The van der Waals surface area contributed by atoms with E-state index in [9.17, 15) is 4.79 Å². The molecule has 0 saturated heterocycles. The molecule has 0 fully saturated rings. The van der Waals surface area contributed by atoms with Gasteiger partial charge < -0.3 is 4.74 Å². The number of fused-ring (bicyclic) bond motifs is 1. The predicted octanol–water partition coefficient (Wildman–Crippen LogP) is 6.19. The van der Waals surface area contributed by atoms with Gasteiger partial charge in [-0.25, -0.2) is 9.97 Å². The first-order valence-electron chi connectivity index (χ1n) is 9.64. The summed E-state index contributed by atoms with van der Waals surface area (Å²) in [6.07, 6.45) is 4.68. The number of ether oxygens (including phenoxy) is 1. The Morgan fingerprint density at radius 1 is 1.21 bits per heavy atom. The molecule has 3 rings (SSSR count). The summed E-state index contributed by atoms with van der Waals surface area (Å²) >= 11 is 3.05. The van der Waals surface area contributed by atoms with E-state index in [-0.39, 0.29) is 11.2 Å². The van der Waals surface area contributed by atoms with E-state index >= 15 is 0 Å². The first kappa shape index (κ1) is 20.8. The summed E-state index contributed by atoms with van der Waals surface area (Å²) in [6.45, 7) is 8.74. The molecule has 1 aromatic carbocycles. The molecule has 0 aliphatic rings. The van der Waals surface area contributed by atoms with Crippen LogP contribution in [-0.4, -0.2) is 27.8 Å². The average molecular weight is 415 g/mol. The molecule has 0 N–H and O–H groups in total. The Labute approximate surface area is 174 Å². The van der Waals surface area contributed by atoms with Crippen molar-refractivity contribution in [2.24, 2.45) is 0 Å². The van der Waals surface area contributed by atoms with Crippen molar-refractivity contribution < 1.29 is 9.53 Å². The van der Waals surface area contributed by atoms with Crippen molar-refractivity contribution >= 4 is 39.3 Å². The van der Waals surface area contributed by atoms with E-state index in [4.69, 9.17) is 4.74 Å². The number of unbranched alkanes of at least 4 members (excludes halogenated alkanes) is 2. The third-order valence-electron chi connectivity index (χ3n) is 4.77. The minimum absolute atomic E-state index is 0.184. The standard InChI is InChI=1S/C22H26N2O2S2/c1-5-6-7-10-26-22(25)16(4)28-21-19-18(12-27-20(19)23-13-24-21)17-9-8-14(2)15(3)11-17/h8-9,11-13,16H,5-7,10H2,1-4H3/t16-/m1/s1. The second kappa shape index (κ2) is 9.52. The Morgan fingerprint density at radius 2 is 2.04 bits per heavy atom. The summed E-state index contributed by atoms with van der Waals surface area (Å²) in [5.41, 5.74) is 4.80. The van der Waals surface area contributed by atoms with Crippen LogP contribution in [0.3, 0.4) is 0 Å². The van der Waals surface area contributed by atoms with Gasteiger partial charge in [0.25, 0.3) is 0 Å². The number of thioether (sulfide) groups is 1. The third kappa shape index (κ3) is 4.73. The number of aromatic nitrogens is 2. The minimum atomic E-state index is -0.313. The van der Waals surface area contributed by atoms with Crippen LogP contribution in [0.1, 0.15) is 44.2 Å². The molecule has 0 aliphatic heterocycles. The molecule has 0 amide bonds. The zero-order chi connectivity index (χ0) is 20.1. The monoisotopic (exact) mass is 414 g/mol. The fourth-order valence-corrected chi connectivity index (χ4v) is 4.83. The zero-order valence-corrected chi connectivity index (χ0v) is 18.5. The van der Waals surface area contributed by atoms with Crippen LogP contribution in [0.4, 0.5) is 0 Å². The summed E-state index contributed by atoms with van der Waals surface area (Å²) in [5.74, 6) is -0.184. The molecule has 0 aliphatic carbocycles. The molecule has 1 atom stereocenters. The van der Waals surface area contributed by atoms with Gasteiger partial charge in [0.05, 0.1) is 12.0 Å². The van der Waals surface area contributed by atoms with E-state index in [1.54, 1.807) is 17.7 Å². The highest BCUT2D eigenvalue weighted by Crippen LogP contribution is 2.39. The van der Waals surface area contributed by atoms with Gasteiger partial charge in [-0.15, -0.1) is 11.3 Å². The van der Waals surface area contributed by atoms with Crippen LogP contribution < -0.4 is 0 Å². The Bertz CT molecular complexity index is 968. The summed E-state index contributed by atoms with van der Waals surface area (Å²) in [6, 6.07) is 6.47. The molecule has 28 heavy (non-hydrogen) atoms. The maximum atomic E-state index is 12.3. The second-order valence-corrected chi connectivity index (χ2v) is 9.13. The van der Waals surface area contributed by atoms with Gasteiger partial charge in [0, 0.05) is 10.9 Å². The number of esters is 1. The maximum Gasteiger partial charge on any atom is 0.319 e. The van der Waals surface area contributed by atoms with Gasteiger partial charge >= 0.3 is 5.97 Å². The van der Waals surface area contributed by atoms with Crippen LogP contribution in [0.2, 0.25) is 0 Å². The number of aryl methyl sites for hydroxylation is 2. The van der Waals surface area contributed by atoms with Crippen molar-refractivity contribution in [1.82, 2.24) is 9.97 Å². The highest BCUT2D eigenvalue weighted by atomic mass is 32.2. The number of hydrogen-bond donors (Lipinski definition) is 0. The van der Waals surface area contributed by atoms with Crippen LogP contribution in [0.25, 0.3) is 21.3 Å². The molecular weight excluding hydrogens is 388 g/mol. The number of carbonyl (C=O) groups is 1. The van der Waals surface area contributed by atoms with Gasteiger partial charge in [0.15, 0.2) is 0 Å². The zero-order valence-electron chi connectivity index (χ0n) is 16.8. The molecule has 0 spiro atoms. The number of rotatable bonds is 8. The van der Waals surface area contributed by atoms with Crippen molar-refractivity contribution in [3.05, 3.63) is 41.0 Å². The lowest BCUT2D eigenvalue weighted by Crippen LogP contribution is -2.17. The van der Waals surface area contributed by atoms with Crippen LogP contribution in [0.5, 0.6) is 0 Å². The number of thiophene rings is 1. The molecule has 0 radical (unpaired) electrons. The van der Waals surface area contributed by atoms with E-state index in [0.29, 0.717) is 6.61 Å². The lowest BCUT2D eigenvalue weighted by molar-refractivity contribution is -0.142. The first-order chi connectivity index (χ1) is 13.5. The van der Waals surface area contributed by atoms with Crippen LogP contribution >= 0.6 is 23.1 Å². The van der Waals surface area contributed by atoms with Crippen LogP contribution in [0.15, 0.2) is 34.9 Å². The summed E-state index contributed by atoms with van der Waals surface area (Å²) in [7, 11) is 0. The predicted molar refractivity (Wildman–Crippen MR) is 118 cm³/mol. The molecule has 6 heteroatoms. The van der Waals surface area contributed by atoms with Crippen molar-refractivity contribution in [3.8, 4) is 11.1 Å². The smallest absolute Gasteiger partial charge is 0.319 e. The number of hydrogen-bond acceptors (Lipinski definition) is 6. The second-order valence-electron chi connectivity index (χ2n) is 6.94. The number of carbonyl (C=O) groups excluding carboxylic acids is 1. The molecule has 0 bridgehead atoms. The quantitative estimate of drug-likeness (QED) is 0.190. The fraction of sp³-hybridized carbons (Fsp3) is 0.409. The highest BCUT2D eigenvalue weighted by Gasteiger charge is 2.21. The lowest BCUT2D eigenvalue weighted by atomic mass is 10.0. The van der Waals surface area contributed by atoms with Gasteiger partial charge in [-0.1, -0.05) is 49.7 Å². The van der Waals surface area contributed by atoms with E-state index in [1.807, 2.05) is 6.92 Å². The van der Waals surface area contributed by atoms with Crippen LogP contribution in [0, 0.1) is 13.8 Å². The fourth-order valence-electron chi connectivity index (χ4n) is 2.92. The molecule has 2 aromatic heterocycles. The summed E-state index contributed by atoms with van der Waals surface area (Å²) < 4.78 is 5.41. The topological polar surface area (TPSA) is 52.1 Å². The maximum absolute atomic E-state index is 12.3. The number of nitrogens with zero attached hydrogens (tertiary/aromatic N) is 2. The third-order valence-corrected chi connectivity index (χ3v) is 6.73. The molecule has 4 nitrogen and oxygen atoms in total. The van der Waals surface area contributed by atoms with E-state index in [1.165, 1.54) is 22.9 Å². The van der Waals surface area contributed by atoms with E-state index in [2.05, 4.69) is 54.3 Å². The van der Waals surface area contributed by atoms with Gasteiger partial charge in [0.1, 0.15) is 21.4 Å². The van der Waals surface area contributed by atoms with Gasteiger partial charge in [0.2, 0.25) is 0 Å². The minimum Gasteiger partial charge on any atom is -0.465 e. The first-order valence-corrected chi connectivity index (χ1v) is 11.4. The average Bonchev–Trinajstić information content (AvgIpc) is 3.12. The van der Waals surface area contributed by atoms with Crippen LogP contribution in [-0.2, 0) is 9.53 Å². The Kier molecular flexibility index (Phi) is 7.08. The van der Waals surface area contributed by atoms with Crippen molar-refractivity contribution in [2.45, 2.75) is 57.2 Å². The van der Waals surface area contributed by atoms with Crippen molar-refractivity contribution in [2.75, 3.05) is 6.61 Å². The van der Waals surface area contributed by atoms with Crippen molar-refractivity contribution in [3.63, 3.8) is 0 Å². The van der Waals surface area contributed by atoms with E-state index < -0.39 is 0 Å². The number of benzene rings is 1. The normalized spacial score (nSPS) is 12.3. The molecule has 0 saturated carbocycles. The Morgan fingerprint density at radius 3 is 2.79 bits per heavy atom. The molecule has 148 valence electrons. The van der Waals surface area contributed by atoms with Gasteiger partial charge in [-0.05, 0) is 43.9 Å². The SMILES string of the molecule is CCCCCOC(=O)[C@@H](C)Sc1ncnc2scc(-c3ccc(C)c(C)c3)c12. The summed E-state index contributed by atoms with van der Waals surface area (Å²) in [5, 5.41) is 3.66. The van der Waals surface area contributed by atoms with Gasteiger partial charge in [-0.3, -0.25) is 4.79 Å². The molecule has 0 unspecified atom stereocenters. The van der Waals surface area contributed by atoms with Crippen molar-refractivity contribution in [1.29, 1.82) is 0 Å². The summed E-state index contributed by atoms with van der Waals surface area (Å²) in [4.78, 5) is 22.2. The highest BCUT2D eigenvalue weighted by molar-refractivity contribution is 8.00. The molecule has 3 aromatic rings. The lowest BCUT2D eigenvalue weighted by Gasteiger charge is -2.12. The largest absolute Gasteiger partial charge is 0.465 e.